The van der Waals surface area contributed by atoms with Gasteiger partial charge < -0.3 is 19.5 Å². The normalized spacial score (nSPS) is 16.4. The molecule has 1 N–H and O–H groups in total. The summed E-state index contributed by atoms with van der Waals surface area (Å²) in [5, 5.41) is 7.74. The molecule has 3 aromatic carbocycles. The van der Waals surface area contributed by atoms with Crippen LogP contribution in [0.25, 0.3) is 11.3 Å². The summed E-state index contributed by atoms with van der Waals surface area (Å²) in [6, 6.07) is 24.0. The summed E-state index contributed by atoms with van der Waals surface area (Å²) in [5.74, 6) is 1.05. The molecule has 0 spiro atoms. The highest BCUT2D eigenvalue weighted by Gasteiger charge is 2.49. The fourth-order valence-electron chi connectivity index (χ4n) is 4.78. The van der Waals surface area contributed by atoms with Crippen molar-refractivity contribution < 1.29 is 23.8 Å². The van der Waals surface area contributed by atoms with Gasteiger partial charge in [0.2, 0.25) is 5.91 Å². The fraction of sp³-hybridized carbons (Fsp3) is 0.233. The smallest absolute Gasteiger partial charge is 0.277 e. The minimum absolute atomic E-state index is 0.143. The number of hydrogen-bond acceptors (Lipinski definition) is 6. The molecule has 1 aliphatic rings. The predicted molar refractivity (Wildman–Crippen MR) is 147 cm³/mol. The van der Waals surface area contributed by atoms with Crippen molar-refractivity contribution in [3.05, 3.63) is 90.1 Å². The molecule has 200 valence electrons. The molecule has 1 aromatic heterocycles. The maximum absolute atomic E-state index is 14.1. The van der Waals surface area contributed by atoms with E-state index in [-0.39, 0.29) is 18.4 Å². The monoisotopic (exact) mass is 526 g/mol. The molecule has 4 aromatic rings. The lowest BCUT2D eigenvalue weighted by molar-refractivity contribution is -0.126. The Morgan fingerprint density at radius 2 is 1.54 bits per heavy atom. The Labute approximate surface area is 226 Å². The van der Waals surface area contributed by atoms with Gasteiger partial charge in [-0.25, -0.2) is 0 Å². The number of nitrogens with zero attached hydrogens (tertiary/aromatic N) is 3. The quantitative estimate of drug-likeness (QED) is 0.368. The van der Waals surface area contributed by atoms with E-state index < -0.39 is 5.54 Å². The zero-order chi connectivity index (χ0) is 27.6. The number of ether oxygens (including phenoxy) is 3. The van der Waals surface area contributed by atoms with Gasteiger partial charge in [-0.2, -0.15) is 5.10 Å². The molecule has 2 heterocycles. The summed E-state index contributed by atoms with van der Waals surface area (Å²) < 4.78 is 17.8. The van der Waals surface area contributed by atoms with Gasteiger partial charge in [0.15, 0.2) is 0 Å². The van der Waals surface area contributed by atoms with Gasteiger partial charge in [-0.3, -0.25) is 19.2 Å². The molecule has 0 bridgehead atoms. The first-order valence-corrected chi connectivity index (χ1v) is 12.5. The second kappa shape index (κ2) is 10.5. The number of fused-ring (bicyclic) bond motifs is 1. The Morgan fingerprint density at radius 3 is 2.15 bits per heavy atom. The van der Waals surface area contributed by atoms with E-state index in [1.807, 2.05) is 54.6 Å². The molecule has 0 saturated carbocycles. The first-order valence-electron chi connectivity index (χ1n) is 12.5. The van der Waals surface area contributed by atoms with E-state index >= 15 is 0 Å². The number of anilines is 1. The molecule has 0 radical (unpaired) electrons. The molecule has 1 atom stereocenters. The van der Waals surface area contributed by atoms with Crippen molar-refractivity contribution in [2.75, 3.05) is 26.2 Å². The summed E-state index contributed by atoms with van der Waals surface area (Å²) >= 11 is 0. The molecule has 5 rings (SSSR count). The van der Waals surface area contributed by atoms with Crippen LogP contribution in [0.4, 0.5) is 5.69 Å². The highest BCUT2D eigenvalue weighted by atomic mass is 16.5. The Bertz CT molecular complexity index is 1480. The van der Waals surface area contributed by atoms with Crippen molar-refractivity contribution in [3.8, 4) is 28.5 Å². The second-order valence-electron chi connectivity index (χ2n) is 9.45. The number of amides is 2. The third kappa shape index (κ3) is 4.90. The maximum atomic E-state index is 14.1. The number of carbonyl (C=O) groups is 2. The van der Waals surface area contributed by atoms with Crippen LogP contribution in [0, 0.1) is 0 Å². The minimum atomic E-state index is -1.31. The number of methoxy groups -OCH3 is 3. The van der Waals surface area contributed by atoms with Gasteiger partial charge in [0.25, 0.3) is 5.91 Å². The summed E-state index contributed by atoms with van der Waals surface area (Å²) in [7, 11) is 4.69. The standard InChI is InChI=1S/C30H30N4O5/c1-30(29(36)31-18-20-8-6-5-7-9-20)19-33-27(17-26(32-33)21-10-12-23(37-2)13-11-21)28(35)34(30)22-14-24(38-3)16-25(15-22)39-4/h5-17H,18-19H2,1-4H3,(H,31,36)/t30-/m0/s1. The number of aromatic nitrogens is 2. The summed E-state index contributed by atoms with van der Waals surface area (Å²) in [4.78, 5) is 29.5. The number of hydrogen-bond donors (Lipinski definition) is 1. The van der Waals surface area contributed by atoms with E-state index in [9.17, 15) is 9.59 Å². The third-order valence-electron chi connectivity index (χ3n) is 6.92. The van der Waals surface area contributed by atoms with Crippen molar-refractivity contribution in [1.29, 1.82) is 0 Å². The molecular weight excluding hydrogens is 496 g/mol. The number of rotatable bonds is 8. The highest BCUT2D eigenvalue weighted by Crippen LogP contribution is 2.38. The molecule has 0 aliphatic carbocycles. The summed E-state index contributed by atoms with van der Waals surface area (Å²) in [6.07, 6.45) is 0. The van der Waals surface area contributed by atoms with Gasteiger partial charge in [0.05, 0.1) is 39.3 Å². The van der Waals surface area contributed by atoms with Crippen LogP contribution < -0.4 is 24.4 Å². The molecule has 0 fully saturated rings. The molecule has 2 amide bonds. The molecule has 9 nitrogen and oxygen atoms in total. The molecule has 39 heavy (non-hydrogen) atoms. The second-order valence-corrected chi connectivity index (χ2v) is 9.45. The van der Waals surface area contributed by atoms with Crippen LogP contribution in [0.5, 0.6) is 17.2 Å². The molecule has 0 unspecified atom stereocenters. The average Bonchev–Trinajstić information content (AvgIpc) is 3.40. The first-order chi connectivity index (χ1) is 18.9. The van der Waals surface area contributed by atoms with Gasteiger partial charge in [-0.1, -0.05) is 30.3 Å². The van der Waals surface area contributed by atoms with Crippen LogP contribution in [0.2, 0.25) is 0 Å². The van der Waals surface area contributed by atoms with Crippen LogP contribution in [0.15, 0.2) is 78.9 Å². The molecular formula is C30H30N4O5. The lowest BCUT2D eigenvalue weighted by atomic mass is 9.93. The number of carbonyl (C=O) groups excluding carboxylic acids is 2. The van der Waals surface area contributed by atoms with Gasteiger partial charge in [0.1, 0.15) is 28.5 Å². The zero-order valence-corrected chi connectivity index (χ0v) is 22.3. The SMILES string of the molecule is COc1ccc(-c2cc3n(n2)C[C@@](C)(C(=O)NCc2ccccc2)N(c2cc(OC)cc(OC)c2)C3=O)cc1. The Balaban J connectivity index is 1.57. The van der Waals surface area contributed by atoms with Crippen LogP contribution in [-0.4, -0.2) is 48.5 Å². The number of benzene rings is 3. The first kappa shape index (κ1) is 25.8. The van der Waals surface area contributed by atoms with E-state index in [2.05, 4.69) is 5.32 Å². The predicted octanol–water partition coefficient (Wildman–Crippen LogP) is 4.31. The zero-order valence-electron chi connectivity index (χ0n) is 22.3. The van der Waals surface area contributed by atoms with Crippen LogP contribution >= 0.6 is 0 Å². The highest BCUT2D eigenvalue weighted by molar-refractivity contribution is 6.12. The summed E-state index contributed by atoms with van der Waals surface area (Å²) in [5.41, 5.74) is 1.95. The van der Waals surface area contributed by atoms with Gasteiger partial charge in [0, 0.05) is 30.3 Å². The molecule has 1 aliphatic heterocycles. The Kier molecular flexibility index (Phi) is 6.98. The van der Waals surface area contributed by atoms with Gasteiger partial charge in [-0.15, -0.1) is 0 Å². The Morgan fingerprint density at radius 1 is 0.897 bits per heavy atom. The third-order valence-corrected chi connectivity index (χ3v) is 6.92. The topological polar surface area (TPSA) is 94.9 Å². The van der Waals surface area contributed by atoms with E-state index in [0.29, 0.717) is 35.1 Å². The maximum Gasteiger partial charge on any atom is 0.277 e. The Hall–Kier alpha value is -4.79. The number of nitrogens with one attached hydrogen (secondary N) is 1. The van der Waals surface area contributed by atoms with Crippen LogP contribution in [0.3, 0.4) is 0 Å². The lowest BCUT2D eigenvalue weighted by Crippen LogP contribution is -2.64. The van der Waals surface area contributed by atoms with E-state index in [1.54, 1.807) is 57.2 Å². The van der Waals surface area contributed by atoms with Crippen molar-refractivity contribution in [2.24, 2.45) is 0 Å². The van der Waals surface area contributed by atoms with Gasteiger partial charge in [-0.05, 0) is 42.8 Å². The van der Waals surface area contributed by atoms with Crippen molar-refractivity contribution in [2.45, 2.75) is 25.6 Å². The van der Waals surface area contributed by atoms with E-state index in [0.717, 1.165) is 16.9 Å². The summed E-state index contributed by atoms with van der Waals surface area (Å²) in [6.45, 7) is 2.21. The molecule has 9 heteroatoms. The van der Waals surface area contributed by atoms with E-state index in [1.165, 1.54) is 4.90 Å². The van der Waals surface area contributed by atoms with Crippen molar-refractivity contribution in [1.82, 2.24) is 15.1 Å². The van der Waals surface area contributed by atoms with Crippen LogP contribution in [0.1, 0.15) is 23.0 Å². The van der Waals surface area contributed by atoms with E-state index in [4.69, 9.17) is 19.3 Å². The minimum Gasteiger partial charge on any atom is -0.497 e. The van der Waals surface area contributed by atoms with Gasteiger partial charge >= 0.3 is 0 Å². The van der Waals surface area contributed by atoms with Crippen molar-refractivity contribution in [3.63, 3.8) is 0 Å². The lowest BCUT2D eigenvalue weighted by Gasteiger charge is -2.43. The fourth-order valence-corrected chi connectivity index (χ4v) is 4.78. The van der Waals surface area contributed by atoms with Crippen molar-refractivity contribution >= 4 is 17.5 Å². The van der Waals surface area contributed by atoms with Crippen LogP contribution in [-0.2, 0) is 17.9 Å². The average molecular weight is 527 g/mol. The largest absolute Gasteiger partial charge is 0.497 e. The molecule has 0 saturated heterocycles.